The van der Waals surface area contributed by atoms with Gasteiger partial charge in [0.05, 0.1) is 6.04 Å². The minimum Gasteiger partial charge on any atom is -0.368 e. The Morgan fingerprint density at radius 2 is 1.60 bits per heavy atom. The number of rotatable bonds is 6. The topological polar surface area (TPSA) is 55.1 Å². The maximum absolute atomic E-state index is 11.3. The molecule has 0 saturated heterocycles. The number of nitrogens with one attached hydrogen (secondary N) is 1. The molecule has 104 valence electrons. The summed E-state index contributed by atoms with van der Waals surface area (Å²) in [4.78, 5) is 11.3. The lowest BCUT2D eigenvalue weighted by atomic mass is 9.98. The van der Waals surface area contributed by atoms with E-state index in [0.29, 0.717) is 0 Å². The van der Waals surface area contributed by atoms with Crippen molar-refractivity contribution in [3.63, 3.8) is 0 Å². The molecule has 0 aliphatic heterocycles. The molecule has 2 aromatic rings. The van der Waals surface area contributed by atoms with Gasteiger partial charge in [0.15, 0.2) is 0 Å². The van der Waals surface area contributed by atoms with Crippen molar-refractivity contribution < 1.29 is 4.79 Å². The molecule has 20 heavy (non-hydrogen) atoms. The van der Waals surface area contributed by atoms with Gasteiger partial charge in [0.25, 0.3) is 0 Å². The van der Waals surface area contributed by atoms with Crippen LogP contribution < -0.4 is 11.1 Å². The van der Waals surface area contributed by atoms with Gasteiger partial charge in [-0.25, -0.2) is 0 Å². The van der Waals surface area contributed by atoms with Crippen LogP contribution in [-0.2, 0) is 11.2 Å². The highest BCUT2D eigenvalue weighted by Crippen LogP contribution is 2.19. The van der Waals surface area contributed by atoms with Crippen LogP contribution in [0, 0.1) is 0 Å². The summed E-state index contributed by atoms with van der Waals surface area (Å²) in [5, 5.41) is 3.31. The van der Waals surface area contributed by atoms with Gasteiger partial charge in [-0.2, -0.15) is 0 Å². The Kier molecular flexibility index (Phi) is 4.91. The van der Waals surface area contributed by atoms with Gasteiger partial charge in [-0.3, -0.25) is 10.1 Å². The molecule has 0 radical (unpaired) electrons. The van der Waals surface area contributed by atoms with Crippen molar-refractivity contribution in [2.45, 2.75) is 25.4 Å². The smallest absolute Gasteiger partial charge is 0.234 e. The molecule has 0 aliphatic rings. The third-order valence-corrected chi connectivity index (χ3v) is 3.36. The van der Waals surface area contributed by atoms with Crippen LogP contribution in [0.3, 0.4) is 0 Å². The highest BCUT2D eigenvalue weighted by atomic mass is 16.1. The predicted molar refractivity (Wildman–Crippen MR) is 81.1 cm³/mol. The van der Waals surface area contributed by atoms with Crippen molar-refractivity contribution in [2.24, 2.45) is 5.73 Å². The van der Waals surface area contributed by atoms with E-state index in [1.807, 2.05) is 36.4 Å². The first-order valence-electron chi connectivity index (χ1n) is 6.81. The van der Waals surface area contributed by atoms with Crippen molar-refractivity contribution in [3.8, 4) is 0 Å². The molecule has 2 atom stereocenters. The second kappa shape index (κ2) is 6.87. The molecule has 0 spiro atoms. The summed E-state index contributed by atoms with van der Waals surface area (Å²) in [6, 6.07) is 20.1. The first-order chi connectivity index (χ1) is 9.66. The molecule has 0 aromatic heterocycles. The van der Waals surface area contributed by atoms with Crippen LogP contribution in [0.4, 0.5) is 0 Å². The van der Waals surface area contributed by atoms with Crippen LogP contribution in [-0.4, -0.2) is 11.9 Å². The lowest BCUT2D eigenvalue weighted by Crippen LogP contribution is -2.41. The quantitative estimate of drug-likeness (QED) is 0.845. The molecule has 0 aliphatic carbocycles. The van der Waals surface area contributed by atoms with Crippen molar-refractivity contribution >= 4 is 5.91 Å². The van der Waals surface area contributed by atoms with E-state index in [4.69, 9.17) is 5.73 Å². The number of hydrogen-bond donors (Lipinski definition) is 2. The first kappa shape index (κ1) is 14.3. The Hall–Kier alpha value is -2.13. The van der Waals surface area contributed by atoms with E-state index >= 15 is 0 Å². The van der Waals surface area contributed by atoms with Gasteiger partial charge in [-0.05, 0) is 24.5 Å². The maximum atomic E-state index is 11.3. The fourth-order valence-electron chi connectivity index (χ4n) is 2.19. The zero-order chi connectivity index (χ0) is 14.4. The fourth-order valence-corrected chi connectivity index (χ4v) is 2.19. The van der Waals surface area contributed by atoms with Gasteiger partial charge < -0.3 is 5.73 Å². The Morgan fingerprint density at radius 3 is 2.15 bits per heavy atom. The van der Waals surface area contributed by atoms with E-state index in [1.54, 1.807) is 6.92 Å². The van der Waals surface area contributed by atoms with E-state index in [9.17, 15) is 4.79 Å². The summed E-state index contributed by atoms with van der Waals surface area (Å²) in [5.41, 5.74) is 7.74. The number of hydrogen-bond acceptors (Lipinski definition) is 2. The fraction of sp³-hybridized carbons (Fsp3) is 0.235. The van der Waals surface area contributed by atoms with Gasteiger partial charge in [0, 0.05) is 6.04 Å². The summed E-state index contributed by atoms with van der Waals surface area (Å²) in [6.45, 7) is 1.79. The van der Waals surface area contributed by atoms with Gasteiger partial charge in [-0.15, -0.1) is 0 Å². The predicted octanol–water partition coefficient (Wildman–Crippen LogP) is 2.43. The number of nitrogens with two attached hydrogens (primary N) is 1. The first-order valence-corrected chi connectivity index (χ1v) is 6.81. The van der Waals surface area contributed by atoms with Gasteiger partial charge in [0.2, 0.25) is 5.91 Å². The lowest BCUT2D eigenvalue weighted by Gasteiger charge is -2.22. The second-order valence-electron chi connectivity index (χ2n) is 4.94. The molecule has 0 fully saturated rings. The van der Waals surface area contributed by atoms with Crippen LogP contribution in [0.5, 0.6) is 0 Å². The van der Waals surface area contributed by atoms with Crippen LogP contribution in [0.1, 0.15) is 24.1 Å². The zero-order valence-electron chi connectivity index (χ0n) is 11.6. The molecule has 0 heterocycles. The summed E-state index contributed by atoms with van der Waals surface area (Å²) >= 11 is 0. The summed E-state index contributed by atoms with van der Waals surface area (Å²) in [7, 11) is 0. The molecule has 0 bridgehead atoms. The molecular formula is C17H20N2O. The number of amides is 1. The number of benzene rings is 2. The molecule has 1 amide bonds. The summed E-state index contributed by atoms with van der Waals surface area (Å²) in [6.07, 6.45) is 0.822. The molecule has 2 rings (SSSR count). The van der Waals surface area contributed by atoms with Crippen molar-refractivity contribution in [1.29, 1.82) is 0 Å². The Labute approximate surface area is 119 Å². The zero-order valence-corrected chi connectivity index (χ0v) is 11.6. The SMILES string of the molecule is C[C@H](N[C@H](Cc1ccccc1)c1ccccc1)C(N)=O. The van der Waals surface area contributed by atoms with Crippen molar-refractivity contribution in [2.75, 3.05) is 0 Å². The normalized spacial score (nSPS) is 13.7. The Balaban J connectivity index is 2.18. The van der Waals surface area contributed by atoms with E-state index in [1.165, 1.54) is 5.56 Å². The highest BCUT2D eigenvalue weighted by Gasteiger charge is 2.17. The van der Waals surface area contributed by atoms with E-state index in [-0.39, 0.29) is 18.0 Å². The monoisotopic (exact) mass is 268 g/mol. The standard InChI is InChI=1S/C17H20N2O/c1-13(17(18)20)19-16(15-10-6-3-7-11-15)12-14-8-4-2-5-9-14/h2-11,13,16,19H,12H2,1H3,(H2,18,20)/t13-,16+/m0/s1. The maximum Gasteiger partial charge on any atom is 0.234 e. The Morgan fingerprint density at radius 1 is 1.05 bits per heavy atom. The van der Waals surface area contributed by atoms with E-state index in [2.05, 4.69) is 29.6 Å². The van der Waals surface area contributed by atoms with Crippen LogP contribution in [0.25, 0.3) is 0 Å². The minimum absolute atomic E-state index is 0.0705. The number of carbonyl (C=O) groups is 1. The van der Waals surface area contributed by atoms with Crippen LogP contribution >= 0.6 is 0 Å². The second-order valence-corrected chi connectivity index (χ2v) is 4.94. The van der Waals surface area contributed by atoms with Crippen LogP contribution in [0.2, 0.25) is 0 Å². The molecule has 3 nitrogen and oxygen atoms in total. The summed E-state index contributed by atoms with van der Waals surface area (Å²) in [5.74, 6) is -0.334. The van der Waals surface area contributed by atoms with E-state index < -0.39 is 0 Å². The molecule has 2 aromatic carbocycles. The van der Waals surface area contributed by atoms with Crippen molar-refractivity contribution in [1.82, 2.24) is 5.32 Å². The molecular weight excluding hydrogens is 248 g/mol. The Bertz CT molecular complexity index is 539. The summed E-state index contributed by atoms with van der Waals surface area (Å²) < 4.78 is 0. The molecule has 0 unspecified atom stereocenters. The van der Waals surface area contributed by atoms with E-state index in [0.717, 1.165) is 12.0 Å². The van der Waals surface area contributed by atoms with Crippen LogP contribution in [0.15, 0.2) is 60.7 Å². The average Bonchev–Trinajstić information content (AvgIpc) is 2.48. The number of primary amides is 1. The molecule has 3 heteroatoms. The highest BCUT2D eigenvalue weighted by molar-refractivity contribution is 5.79. The lowest BCUT2D eigenvalue weighted by molar-refractivity contribution is -0.119. The molecule has 3 N–H and O–H groups in total. The largest absolute Gasteiger partial charge is 0.368 e. The minimum atomic E-state index is -0.357. The molecule has 0 saturated carbocycles. The average molecular weight is 268 g/mol. The van der Waals surface area contributed by atoms with Gasteiger partial charge in [-0.1, -0.05) is 60.7 Å². The van der Waals surface area contributed by atoms with Crippen molar-refractivity contribution in [3.05, 3.63) is 71.8 Å². The van der Waals surface area contributed by atoms with Gasteiger partial charge >= 0.3 is 0 Å². The number of carbonyl (C=O) groups excluding carboxylic acids is 1. The van der Waals surface area contributed by atoms with Gasteiger partial charge in [0.1, 0.15) is 0 Å². The third kappa shape index (κ3) is 3.93. The third-order valence-electron chi connectivity index (χ3n) is 3.36.